The Hall–Kier alpha value is -1.22. The number of aliphatic imine (C=N–C) groups is 1. The zero-order chi connectivity index (χ0) is 19.1. The first-order chi connectivity index (χ1) is 13.1. The maximum absolute atomic E-state index is 5.44. The zero-order valence-electron chi connectivity index (χ0n) is 17.4. The number of nitrogens with one attached hydrogen (secondary N) is 2. The molecule has 0 amide bonds. The normalized spacial score (nSPS) is 19.4. The summed E-state index contributed by atoms with van der Waals surface area (Å²) in [7, 11) is 1.84. The number of hydrogen-bond donors (Lipinski definition) is 2. The third kappa shape index (κ3) is 6.99. The van der Waals surface area contributed by atoms with Crippen LogP contribution in [0.15, 0.2) is 23.2 Å². The van der Waals surface area contributed by atoms with Crippen molar-refractivity contribution >= 4 is 29.9 Å². The van der Waals surface area contributed by atoms with E-state index < -0.39 is 0 Å². The van der Waals surface area contributed by atoms with Crippen molar-refractivity contribution in [2.24, 2.45) is 16.8 Å². The van der Waals surface area contributed by atoms with Crippen molar-refractivity contribution in [2.75, 3.05) is 46.6 Å². The first kappa shape index (κ1) is 23.1. The molecule has 1 aromatic carbocycles. The Morgan fingerprint density at radius 3 is 2.86 bits per heavy atom. The molecule has 3 rings (SSSR count). The molecule has 0 bridgehead atoms. The van der Waals surface area contributed by atoms with E-state index in [0.717, 1.165) is 42.9 Å². The summed E-state index contributed by atoms with van der Waals surface area (Å²) in [6.45, 7) is 10.4. The molecule has 2 N–H and O–H groups in total. The Labute approximate surface area is 186 Å². The number of benzene rings is 1. The van der Waals surface area contributed by atoms with Gasteiger partial charge in [0.25, 0.3) is 0 Å². The summed E-state index contributed by atoms with van der Waals surface area (Å²) in [4.78, 5) is 6.97. The van der Waals surface area contributed by atoms with Gasteiger partial charge in [-0.05, 0) is 55.3 Å². The fourth-order valence-electron chi connectivity index (χ4n) is 3.88. The molecule has 7 heteroatoms. The van der Waals surface area contributed by atoms with Gasteiger partial charge in [-0.3, -0.25) is 4.99 Å². The molecule has 1 aromatic rings. The lowest BCUT2D eigenvalue weighted by atomic mass is 9.97. The molecule has 6 nitrogen and oxygen atoms in total. The van der Waals surface area contributed by atoms with Crippen LogP contribution in [0.4, 0.5) is 0 Å². The smallest absolute Gasteiger partial charge is 0.231 e. The lowest BCUT2D eigenvalue weighted by molar-refractivity contribution is 0.159. The van der Waals surface area contributed by atoms with E-state index in [1.165, 1.54) is 38.0 Å². The van der Waals surface area contributed by atoms with Gasteiger partial charge in [-0.2, -0.15) is 0 Å². The van der Waals surface area contributed by atoms with Crippen molar-refractivity contribution in [3.63, 3.8) is 0 Å². The SMILES string of the molecule is CN=C(NCCc1ccc2c(c1)OCO2)NCC1CCCN(CC(C)C)C1.I. The minimum absolute atomic E-state index is 0. The van der Waals surface area contributed by atoms with Crippen molar-refractivity contribution in [1.82, 2.24) is 15.5 Å². The summed E-state index contributed by atoms with van der Waals surface area (Å²) in [5, 5.41) is 6.93. The summed E-state index contributed by atoms with van der Waals surface area (Å²) < 4.78 is 10.8. The molecule has 2 aliphatic heterocycles. The highest BCUT2D eigenvalue weighted by atomic mass is 127. The third-order valence-corrected chi connectivity index (χ3v) is 5.15. The van der Waals surface area contributed by atoms with Gasteiger partial charge >= 0.3 is 0 Å². The van der Waals surface area contributed by atoms with Crippen LogP contribution >= 0.6 is 24.0 Å². The fraction of sp³-hybridized carbons (Fsp3) is 0.667. The van der Waals surface area contributed by atoms with Gasteiger partial charge in [0.05, 0.1) is 0 Å². The zero-order valence-corrected chi connectivity index (χ0v) is 19.7. The van der Waals surface area contributed by atoms with Gasteiger partial charge < -0.3 is 25.0 Å². The van der Waals surface area contributed by atoms with Crippen LogP contribution in [0.3, 0.4) is 0 Å². The maximum atomic E-state index is 5.44. The van der Waals surface area contributed by atoms with Gasteiger partial charge in [0, 0.05) is 33.2 Å². The summed E-state index contributed by atoms with van der Waals surface area (Å²) in [6.07, 6.45) is 3.52. The monoisotopic (exact) mass is 502 g/mol. The standard InChI is InChI=1S/C21H34N4O2.HI/c1-16(2)13-25-10-4-5-18(14-25)12-24-21(22-3)23-9-8-17-6-7-19-20(11-17)27-15-26-19;/h6-7,11,16,18H,4-5,8-10,12-15H2,1-3H3,(H2,22,23,24);1H. The summed E-state index contributed by atoms with van der Waals surface area (Å²) in [5.74, 6) is 4.00. The average molecular weight is 502 g/mol. The molecule has 1 fully saturated rings. The van der Waals surface area contributed by atoms with Gasteiger partial charge in [-0.1, -0.05) is 19.9 Å². The highest BCUT2D eigenvalue weighted by Crippen LogP contribution is 2.32. The second-order valence-corrected chi connectivity index (χ2v) is 7.98. The summed E-state index contributed by atoms with van der Waals surface area (Å²) in [5.41, 5.74) is 1.24. The van der Waals surface area contributed by atoms with Crippen LogP contribution in [0.2, 0.25) is 0 Å². The van der Waals surface area contributed by atoms with Crippen LogP contribution in [0.25, 0.3) is 0 Å². The first-order valence-corrected chi connectivity index (χ1v) is 10.2. The highest BCUT2D eigenvalue weighted by Gasteiger charge is 2.20. The van der Waals surface area contributed by atoms with Crippen molar-refractivity contribution in [3.05, 3.63) is 23.8 Å². The topological polar surface area (TPSA) is 58.1 Å². The fourth-order valence-corrected chi connectivity index (χ4v) is 3.88. The molecule has 0 aliphatic carbocycles. The Morgan fingerprint density at radius 2 is 2.07 bits per heavy atom. The van der Waals surface area contributed by atoms with Crippen molar-refractivity contribution in [3.8, 4) is 11.5 Å². The summed E-state index contributed by atoms with van der Waals surface area (Å²) >= 11 is 0. The van der Waals surface area contributed by atoms with E-state index in [1.54, 1.807) is 0 Å². The molecule has 0 spiro atoms. The molecule has 1 unspecified atom stereocenters. The van der Waals surface area contributed by atoms with Gasteiger partial charge in [0.2, 0.25) is 6.79 Å². The van der Waals surface area contributed by atoms with Crippen molar-refractivity contribution in [2.45, 2.75) is 33.1 Å². The molecule has 28 heavy (non-hydrogen) atoms. The van der Waals surface area contributed by atoms with E-state index in [4.69, 9.17) is 9.47 Å². The quantitative estimate of drug-likeness (QED) is 0.341. The molecule has 2 aliphatic rings. The van der Waals surface area contributed by atoms with Crippen LogP contribution in [0, 0.1) is 11.8 Å². The van der Waals surface area contributed by atoms with E-state index >= 15 is 0 Å². The Bertz CT molecular complexity index is 639. The van der Waals surface area contributed by atoms with E-state index in [1.807, 2.05) is 13.1 Å². The minimum atomic E-state index is 0. The van der Waals surface area contributed by atoms with E-state index in [9.17, 15) is 0 Å². The molecule has 1 saturated heterocycles. The number of hydrogen-bond acceptors (Lipinski definition) is 4. The summed E-state index contributed by atoms with van der Waals surface area (Å²) in [6, 6.07) is 6.14. The molecular formula is C21H35IN4O2. The van der Waals surface area contributed by atoms with E-state index in [0.29, 0.717) is 12.7 Å². The van der Waals surface area contributed by atoms with Gasteiger partial charge in [-0.25, -0.2) is 0 Å². The lowest BCUT2D eigenvalue weighted by Crippen LogP contribution is -2.45. The predicted octanol–water partition coefficient (Wildman–Crippen LogP) is 3.11. The number of piperidine rings is 1. The highest BCUT2D eigenvalue weighted by molar-refractivity contribution is 14.0. The number of halogens is 1. The lowest BCUT2D eigenvalue weighted by Gasteiger charge is -2.34. The number of ether oxygens (including phenoxy) is 2. The molecule has 0 aromatic heterocycles. The minimum Gasteiger partial charge on any atom is -0.454 e. The second kappa shape index (κ2) is 11.7. The predicted molar refractivity (Wildman–Crippen MR) is 125 cm³/mol. The molecular weight excluding hydrogens is 467 g/mol. The molecule has 2 heterocycles. The van der Waals surface area contributed by atoms with Gasteiger partial charge in [0.15, 0.2) is 17.5 Å². The number of likely N-dealkylation sites (tertiary alicyclic amines) is 1. The van der Waals surface area contributed by atoms with Gasteiger partial charge in [-0.15, -0.1) is 24.0 Å². The van der Waals surface area contributed by atoms with Crippen LogP contribution in [-0.4, -0.2) is 57.4 Å². The molecule has 158 valence electrons. The van der Waals surface area contributed by atoms with Crippen LogP contribution < -0.4 is 20.1 Å². The van der Waals surface area contributed by atoms with Crippen LogP contribution in [0.5, 0.6) is 11.5 Å². The average Bonchev–Trinajstić information content (AvgIpc) is 3.12. The maximum Gasteiger partial charge on any atom is 0.231 e. The second-order valence-electron chi connectivity index (χ2n) is 7.98. The van der Waals surface area contributed by atoms with E-state index in [2.05, 4.69) is 46.5 Å². The Morgan fingerprint density at radius 1 is 1.25 bits per heavy atom. The third-order valence-electron chi connectivity index (χ3n) is 5.15. The van der Waals surface area contributed by atoms with E-state index in [-0.39, 0.29) is 24.0 Å². The number of nitrogens with zero attached hydrogens (tertiary/aromatic N) is 2. The Balaban J connectivity index is 0.00000280. The first-order valence-electron chi connectivity index (χ1n) is 10.2. The van der Waals surface area contributed by atoms with Crippen LogP contribution in [-0.2, 0) is 6.42 Å². The van der Waals surface area contributed by atoms with Gasteiger partial charge in [0.1, 0.15) is 0 Å². The van der Waals surface area contributed by atoms with Crippen molar-refractivity contribution in [1.29, 1.82) is 0 Å². The number of guanidine groups is 1. The molecule has 0 radical (unpaired) electrons. The van der Waals surface area contributed by atoms with Crippen LogP contribution in [0.1, 0.15) is 32.3 Å². The number of fused-ring (bicyclic) bond motifs is 1. The largest absolute Gasteiger partial charge is 0.454 e. The van der Waals surface area contributed by atoms with Crippen molar-refractivity contribution < 1.29 is 9.47 Å². The molecule has 1 atom stereocenters. The number of rotatable bonds is 7. The molecule has 0 saturated carbocycles. The Kier molecular flexibility index (Phi) is 9.64.